The summed E-state index contributed by atoms with van der Waals surface area (Å²) in [5.41, 5.74) is 1.51. The molecule has 1 atom stereocenters. The molecule has 0 radical (unpaired) electrons. The summed E-state index contributed by atoms with van der Waals surface area (Å²) in [6.45, 7) is 10.6. The van der Waals surface area contributed by atoms with E-state index in [-0.39, 0.29) is 11.7 Å². The van der Waals surface area contributed by atoms with Crippen molar-refractivity contribution >= 4 is 11.7 Å². The molecule has 3 rings (SSSR count). The molecule has 1 aliphatic carbocycles. The van der Waals surface area contributed by atoms with Gasteiger partial charge in [-0.2, -0.15) is 0 Å². The SMILES string of the molecule is C=C1CN(C(=O)/C=C/C2CCCN2C2CC2)CCN1/C(=C\CC)C(C)=O. The van der Waals surface area contributed by atoms with E-state index in [1.165, 1.54) is 25.8 Å². The number of allylic oxidation sites excluding steroid dienone is 2. The second-order valence-corrected chi connectivity index (χ2v) is 7.57. The highest BCUT2D eigenvalue weighted by atomic mass is 16.2. The summed E-state index contributed by atoms with van der Waals surface area (Å²) in [5.74, 6) is 0.103. The number of ketones is 1. The molecule has 3 aliphatic rings. The van der Waals surface area contributed by atoms with Crippen LogP contribution in [0.4, 0.5) is 0 Å². The lowest BCUT2D eigenvalue weighted by Gasteiger charge is -2.38. The second-order valence-electron chi connectivity index (χ2n) is 7.57. The van der Waals surface area contributed by atoms with Crippen LogP contribution in [-0.2, 0) is 9.59 Å². The van der Waals surface area contributed by atoms with E-state index < -0.39 is 0 Å². The minimum absolute atomic E-state index is 0.0501. The largest absolute Gasteiger partial charge is 0.340 e. The molecule has 5 heteroatoms. The van der Waals surface area contributed by atoms with Crippen LogP contribution in [0, 0.1) is 0 Å². The van der Waals surface area contributed by atoms with Gasteiger partial charge in [0.2, 0.25) is 5.91 Å². The first-order valence-corrected chi connectivity index (χ1v) is 9.90. The van der Waals surface area contributed by atoms with Gasteiger partial charge in [-0.1, -0.05) is 25.7 Å². The van der Waals surface area contributed by atoms with Crippen molar-refractivity contribution in [3.63, 3.8) is 0 Å². The van der Waals surface area contributed by atoms with Crippen LogP contribution in [0.5, 0.6) is 0 Å². The molecule has 0 aromatic carbocycles. The highest BCUT2D eigenvalue weighted by Crippen LogP contribution is 2.33. The van der Waals surface area contributed by atoms with Gasteiger partial charge >= 0.3 is 0 Å². The summed E-state index contributed by atoms with van der Waals surface area (Å²) in [6.07, 6.45) is 11.6. The molecule has 5 nitrogen and oxygen atoms in total. The fraction of sp³-hybridized carbons (Fsp3) is 0.619. The zero-order valence-electron chi connectivity index (χ0n) is 16.1. The predicted octanol–water partition coefficient (Wildman–Crippen LogP) is 2.71. The van der Waals surface area contributed by atoms with Gasteiger partial charge in [0, 0.05) is 43.9 Å². The number of rotatable bonds is 6. The molecule has 0 aromatic heterocycles. The van der Waals surface area contributed by atoms with Crippen molar-refractivity contribution in [1.29, 1.82) is 0 Å². The number of piperazine rings is 1. The third-order valence-electron chi connectivity index (χ3n) is 5.53. The van der Waals surface area contributed by atoms with Gasteiger partial charge in [0.25, 0.3) is 0 Å². The van der Waals surface area contributed by atoms with E-state index in [0.717, 1.165) is 24.6 Å². The fourth-order valence-corrected chi connectivity index (χ4v) is 4.06. The highest BCUT2D eigenvalue weighted by Gasteiger charge is 2.35. The Morgan fingerprint density at radius 2 is 1.96 bits per heavy atom. The third-order valence-corrected chi connectivity index (χ3v) is 5.53. The highest BCUT2D eigenvalue weighted by molar-refractivity contribution is 5.93. The molecule has 142 valence electrons. The van der Waals surface area contributed by atoms with Crippen LogP contribution in [-0.4, -0.2) is 64.7 Å². The Bertz CT molecular complexity index is 633. The van der Waals surface area contributed by atoms with E-state index in [2.05, 4.69) is 17.6 Å². The van der Waals surface area contributed by atoms with E-state index >= 15 is 0 Å². The zero-order valence-corrected chi connectivity index (χ0v) is 16.1. The molecular formula is C21H31N3O2. The molecule has 2 saturated heterocycles. The Labute approximate surface area is 157 Å². The van der Waals surface area contributed by atoms with Crippen molar-refractivity contribution in [3.8, 4) is 0 Å². The lowest BCUT2D eigenvalue weighted by Crippen LogP contribution is -2.47. The van der Waals surface area contributed by atoms with Crippen LogP contribution in [0.2, 0.25) is 0 Å². The average molecular weight is 357 g/mol. The number of carbonyl (C=O) groups excluding carboxylic acids is 2. The van der Waals surface area contributed by atoms with Crippen molar-refractivity contribution in [3.05, 3.63) is 36.2 Å². The van der Waals surface area contributed by atoms with Crippen LogP contribution >= 0.6 is 0 Å². The van der Waals surface area contributed by atoms with Crippen molar-refractivity contribution in [2.75, 3.05) is 26.2 Å². The van der Waals surface area contributed by atoms with Gasteiger partial charge in [-0.3, -0.25) is 14.5 Å². The number of hydrogen-bond acceptors (Lipinski definition) is 4. The Morgan fingerprint density at radius 3 is 2.58 bits per heavy atom. The van der Waals surface area contributed by atoms with E-state index in [9.17, 15) is 9.59 Å². The van der Waals surface area contributed by atoms with E-state index in [1.807, 2.05) is 22.8 Å². The van der Waals surface area contributed by atoms with Crippen molar-refractivity contribution < 1.29 is 9.59 Å². The van der Waals surface area contributed by atoms with Crippen LogP contribution in [0.3, 0.4) is 0 Å². The number of amides is 1. The molecule has 3 fully saturated rings. The van der Waals surface area contributed by atoms with Crippen LogP contribution in [0.1, 0.15) is 46.0 Å². The number of Topliss-reactive ketones (excluding diaryl/α,β-unsaturated/α-hetero) is 1. The van der Waals surface area contributed by atoms with Gasteiger partial charge in [0.05, 0.1) is 12.2 Å². The summed E-state index contributed by atoms with van der Waals surface area (Å²) in [5, 5.41) is 0. The lowest BCUT2D eigenvalue weighted by atomic mass is 10.1. The normalized spacial score (nSPS) is 25.4. The quantitative estimate of drug-likeness (QED) is 0.686. The number of nitrogens with zero attached hydrogens (tertiary/aromatic N) is 3. The van der Waals surface area contributed by atoms with Crippen molar-refractivity contribution in [1.82, 2.24) is 14.7 Å². The molecule has 0 N–H and O–H groups in total. The summed E-state index contributed by atoms with van der Waals surface area (Å²) >= 11 is 0. The molecule has 1 amide bonds. The third kappa shape index (κ3) is 4.26. The lowest BCUT2D eigenvalue weighted by molar-refractivity contribution is -0.126. The summed E-state index contributed by atoms with van der Waals surface area (Å²) in [4.78, 5) is 30.8. The van der Waals surface area contributed by atoms with Crippen LogP contribution in [0.25, 0.3) is 0 Å². The maximum Gasteiger partial charge on any atom is 0.246 e. The topological polar surface area (TPSA) is 43.9 Å². The molecule has 1 saturated carbocycles. The Morgan fingerprint density at radius 1 is 1.19 bits per heavy atom. The maximum atomic E-state index is 12.6. The first kappa shape index (κ1) is 18.9. The van der Waals surface area contributed by atoms with Gasteiger partial charge in [-0.05, 0) is 38.6 Å². The Balaban J connectivity index is 1.57. The van der Waals surface area contributed by atoms with E-state index in [1.54, 1.807) is 13.0 Å². The molecule has 2 heterocycles. The Kier molecular flexibility index (Phi) is 5.97. The first-order chi connectivity index (χ1) is 12.5. The number of carbonyl (C=O) groups is 2. The van der Waals surface area contributed by atoms with Gasteiger partial charge < -0.3 is 9.80 Å². The van der Waals surface area contributed by atoms with Gasteiger partial charge in [0.15, 0.2) is 5.78 Å². The van der Waals surface area contributed by atoms with Gasteiger partial charge in [-0.25, -0.2) is 0 Å². The summed E-state index contributed by atoms with van der Waals surface area (Å²) in [7, 11) is 0. The standard InChI is InChI=1S/C21H31N3O2/c1-4-6-20(17(3)25)23-14-13-22(15-16(23)2)21(26)11-10-18-7-5-12-24(18)19-8-9-19/h6,10-11,18-19H,2,4-5,7-9,12-15H2,1,3H3/b11-10+,20-6-. The number of hydrogen-bond donors (Lipinski definition) is 0. The smallest absolute Gasteiger partial charge is 0.246 e. The van der Waals surface area contributed by atoms with Crippen LogP contribution < -0.4 is 0 Å². The zero-order chi connectivity index (χ0) is 18.7. The second kappa shape index (κ2) is 8.21. The summed E-state index contributed by atoms with van der Waals surface area (Å²) in [6, 6.07) is 1.17. The maximum absolute atomic E-state index is 12.6. The first-order valence-electron chi connectivity index (χ1n) is 9.90. The molecular weight excluding hydrogens is 326 g/mol. The van der Waals surface area contributed by atoms with Crippen molar-refractivity contribution in [2.45, 2.75) is 58.0 Å². The Hall–Kier alpha value is -1.88. The average Bonchev–Trinajstić information content (AvgIpc) is 3.35. The van der Waals surface area contributed by atoms with Gasteiger partial charge in [-0.15, -0.1) is 0 Å². The van der Waals surface area contributed by atoms with Gasteiger partial charge in [0.1, 0.15) is 0 Å². The molecule has 26 heavy (non-hydrogen) atoms. The molecule has 1 unspecified atom stereocenters. The molecule has 0 bridgehead atoms. The monoisotopic (exact) mass is 357 g/mol. The van der Waals surface area contributed by atoms with Crippen LogP contribution in [0.15, 0.2) is 36.2 Å². The molecule has 0 aromatic rings. The minimum atomic E-state index is 0.0501. The fourth-order valence-electron chi connectivity index (χ4n) is 4.06. The predicted molar refractivity (Wildman–Crippen MR) is 103 cm³/mol. The minimum Gasteiger partial charge on any atom is -0.340 e. The van der Waals surface area contributed by atoms with E-state index in [0.29, 0.717) is 31.4 Å². The number of likely N-dealkylation sites (tertiary alicyclic amines) is 1. The van der Waals surface area contributed by atoms with Crippen molar-refractivity contribution in [2.24, 2.45) is 0 Å². The van der Waals surface area contributed by atoms with E-state index in [4.69, 9.17) is 0 Å². The molecule has 2 aliphatic heterocycles. The molecule has 0 spiro atoms. The summed E-state index contributed by atoms with van der Waals surface area (Å²) < 4.78 is 0.